The third-order valence-corrected chi connectivity index (χ3v) is 2.96. The summed E-state index contributed by atoms with van der Waals surface area (Å²) in [7, 11) is 0. The van der Waals surface area contributed by atoms with Crippen LogP contribution in [0.1, 0.15) is 10.4 Å². The molecule has 1 aromatic carbocycles. The quantitative estimate of drug-likeness (QED) is 0.850. The van der Waals surface area contributed by atoms with Gasteiger partial charge in [0.05, 0.1) is 0 Å². The number of carbonyl (C=O) groups excluding carboxylic acids is 1. The van der Waals surface area contributed by atoms with E-state index in [2.05, 4.69) is 47.4 Å². The first-order valence-electron chi connectivity index (χ1n) is 4.88. The van der Waals surface area contributed by atoms with Crippen LogP contribution in [0.2, 0.25) is 0 Å². The summed E-state index contributed by atoms with van der Waals surface area (Å²) in [5, 5.41) is 8.51. The molecule has 92 valence electrons. The molecule has 2 aromatic rings. The maximum atomic E-state index is 11.9. The third-order valence-electron chi connectivity index (χ3n) is 2.05. The Labute approximate surface area is 119 Å². The summed E-state index contributed by atoms with van der Waals surface area (Å²) in [6, 6.07) is 7.93. The van der Waals surface area contributed by atoms with Gasteiger partial charge in [-0.3, -0.25) is 9.59 Å². The van der Waals surface area contributed by atoms with Crippen molar-refractivity contribution in [1.82, 2.24) is 10.2 Å². The number of benzene rings is 1. The fraction of sp³-hybridized carbons (Fsp3) is 0. The molecule has 7 heteroatoms. The van der Waals surface area contributed by atoms with Gasteiger partial charge in [-0.05, 0) is 24.3 Å². The van der Waals surface area contributed by atoms with E-state index in [9.17, 15) is 9.59 Å². The topological polar surface area (TPSA) is 74.8 Å². The summed E-state index contributed by atoms with van der Waals surface area (Å²) >= 11 is 6.61. The largest absolute Gasteiger partial charge is 0.305 e. The minimum Gasteiger partial charge on any atom is -0.305 e. The summed E-state index contributed by atoms with van der Waals surface area (Å²) in [6.45, 7) is 0. The molecule has 2 N–H and O–H groups in total. The highest BCUT2D eigenvalue weighted by Crippen LogP contribution is 2.20. The molecular weight excluding hydrogens is 366 g/mol. The van der Waals surface area contributed by atoms with Gasteiger partial charge in [0.25, 0.3) is 11.5 Å². The number of halogens is 2. The van der Waals surface area contributed by atoms with Gasteiger partial charge in [0.1, 0.15) is 0 Å². The van der Waals surface area contributed by atoms with Crippen LogP contribution in [0.4, 0.5) is 5.82 Å². The van der Waals surface area contributed by atoms with Crippen LogP contribution in [0.5, 0.6) is 0 Å². The molecule has 1 aromatic heterocycles. The van der Waals surface area contributed by atoms with E-state index in [4.69, 9.17) is 0 Å². The number of nitrogens with zero attached hydrogens (tertiary/aromatic N) is 1. The molecule has 0 bridgehead atoms. The molecule has 0 spiro atoms. The average Bonchev–Trinajstić information content (AvgIpc) is 2.31. The molecule has 0 aliphatic heterocycles. The number of nitrogens with one attached hydrogen (secondary N) is 2. The van der Waals surface area contributed by atoms with E-state index in [1.54, 1.807) is 12.1 Å². The highest BCUT2D eigenvalue weighted by atomic mass is 79.9. The van der Waals surface area contributed by atoms with Gasteiger partial charge in [0.2, 0.25) is 0 Å². The molecule has 5 nitrogen and oxygen atoms in total. The van der Waals surface area contributed by atoms with E-state index >= 15 is 0 Å². The molecule has 0 saturated carbocycles. The van der Waals surface area contributed by atoms with Crippen molar-refractivity contribution in [2.45, 2.75) is 0 Å². The monoisotopic (exact) mass is 371 g/mol. The van der Waals surface area contributed by atoms with E-state index < -0.39 is 0 Å². The number of hydrogen-bond donors (Lipinski definition) is 2. The van der Waals surface area contributed by atoms with Crippen LogP contribution in [0.25, 0.3) is 0 Å². The third kappa shape index (κ3) is 3.27. The van der Waals surface area contributed by atoms with Crippen molar-refractivity contribution in [1.29, 1.82) is 0 Å². The van der Waals surface area contributed by atoms with E-state index in [0.29, 0.717) is 5.56 Å². The average molecular weight is 373 g/mol. The van der Waals surface area contributed by atoms with Gasteiger partial charge in [0, 0.05) is 20.6 Å². The maximum absolute atomic E-state index is 11.9. The lowest BCUT2D eigenvalue weighted by atomic mass is 10.2. The Hall–Kier alpha value is -1.47. The second-order valence-corrected chi connectivity index (χ2v) is 5.25. The van der Waals surface area contributed by atoms with Crippen molar-refractivity contribution in [2.75, 3.05) is 5.32 Å². The first-order valence-corrected chi connectivity index (χ1v) is 6.46. The van der Waals surface area contributed by atoms with Gasteiger partial charge in [-0.1, -0.05) is 31.9 Å². The molecule has 0 radical (unpaired) electrons. The van der Waals surface area contributed by atoms with E-state index in [1.165, 1.54) is 12.1 Å². The molecule has 2 rings (SSSR count). The van der Waals surface area contributed by atoms with Crippen LogP contribution < -0.4 is 10.9 Å². The number of aromatic nitrogens is 2. The fourth-order valence-corrected chi connectivity index (χ4v) is 2.58. The Morgan fingerprint density at radius 2 is 1.83 bits per heavy atom. The van der Waals surface area contributed by atoms with Crippen LogP contribution >= 0.6 is 31.9 Å². The predicted molar refractivity (Wildman–Crippen MR) is 74.7 cm³/mol. The fourth-order valence-electron chi connectivity index (χ4n) is 1.29. The molecule has 0 unspecified atom stereocenters. The zero-order valence-electron chi connectivity index (χ0n) is 8.91. The minimum absolute atomic E-state index is 0.288. The molecule has 0 atom stereocenters. The highest BCUT2D eigenvalue weighted by Gasteiger charge is 2.08. The molecule has 0 aliphatic carbocycles. The van der Waals surface area contributed by atoms with E-state index in [1.807, 2.05) is 6.07 Å². The van der Waals surface area contributed by atoms with Gasteiger partial charge >= 0.3 is 0 Å². The number of H-pyrrole nitrogens is 1. The Morgan fingerprint density at radius 3 is 2.39 bits per heavy atom. The van der Waals surface area contributed by atoms with Crippen LogP contribution in [0, 0.1) is 0 Å². The first kappa shape index (κ1) is 13.0. The van der Waals surface area contributed by atoms with Gasteiger partial charge in [-0.15, -0.1) is 0 Å². The summed E-state index contributed by atoms with van der Waals surface area (Å²) in [5.74, 6) is -0.0211. The van der Waals surface area contributed by atoms with Crippen molar-refractivity contribution >= 4 is 43.6 Å². The number of rotatable bonds is 2. The molecule has 1 heterocycles. The van der Waals surface area contributed by atoms with Crippen LogP contribution in [0.15, 0.2) is 44.1 Å². The number of hydrogen-bond acceptors (Lipinski definition) is 3. The van der Waals surface area contributed by atoms with Crippen molar-refractivity contribution < 1.29 is 4.79 Å². The van der Waals surface area contributed by atoms with Gasteiger partial charge in [-0.2, -0.15) is 5.10 Å². The normalized spacial score (nSPS) is 10.1. The number of anilines is 1. The first-order chi connectivity index (χ1) is 8.54. The van der Waals surface area contributed by atoms with Crippen molar-refractivity contribution in [3.8, 4) is 0 Å². The SMILES string of the molecule is O=C(Nc1ccc(=O)[nH]n1)c1cc(Br)cc(Br)c1. The van der Waals surface area contributed by atoms with Crippen LogP contribution in [-0.4, -0.2) is 16.1 Å². The Bertz CT molecular complexity index is 614. The summed E-state index contributed by atoms with van der Waals surface area (Å²) in [5.41, 5.74) is 0.155. The molecule has 18 heavy (non-hydrogen) atoms. The van der Waals surface area contributed by atoms with Gasteiger partial charge in [0.15, 0.2) is 5.82 Å². The molecule has 0 fully saturated rings. The van der Waals surface area contributed by atoms with Gasteiger partial charge < -0.3 is 5.32 Å². The maximum Gasteiger partial charge on any atom is 0.264 e. The lowest BCUT2D eigenvalue weighted by Crippen LogP contribution is -2.15. The van der Waals surface area contributed by atoms with Crippen molar-refractivity contribution in [3.05, 3.63) is 55.2 Å². The summed E-state index contributed by atoms with van der Waals surface area (Å²) < 4.78 is 1.58. The van der Waals surface area contributed by atoms with Crippen molar-refractivity contribution in [3.63, 3.8) is 0 Å². The molecule has 0 aliphatic rings. The lowest BCUT2D eigenvalue weighted by molar-refractivity contribution is 0.102. The van der Waals surface area contributed by atoms with E-state index in [-0.39, 0.29) is 17.3 Å². The number of aromatic amines is 1. The standard InChI is InChI=1S/C11H7Br2N3O2/c12-7-3-6(4-8(13)5-7)11(18)14-9-1-2-10(17)16-15-9/h1-5H,(H,16,17)(H,14,15,18). The van der Waals surface area contributed by atoms with Crippen LogP contribution in [-0.2, 0) is 0 Å². The van der Waals surface area contributed by atoms with Gasteiger partial charge in [-0.25, -0.2) is 5.10 Å². The summed E-state index contributed by atoms with van der Waals surface area (Å²) in [6.07, 6.45) is 0. The second kappa shape index (κ2) is 5.45. The minimum atomic E-state index is -0.321. The zero-order valence-corrected chi connectivity index (χ0v) is 12.1. The Morgan fingerprint density at radius 1 is 1.17 bits per heavy atom. The van der Waals surface area contributed by atoms with Crippen LogP contribution in [0.3, 0.4) is 0 Å². The Balaban J connectivity index is 2.21. The van der Waals surface area contributed by atoms with Crippen molar-refractivity contribution in [2.24, 2.45) is 0 Å². The number of carbonyl (C=O) groups is 1. The Kier molecular flexibility index (Phi) is 3.93. The molecule has 0 saturated heterocycles. The number of amides is 1. The summed E-state index contributed by atoms with van der Waals surface area (Å²) in [4.78, 5) is 22.7. The second-order valence-electron chi connectivity index (χ2n) is 3.42. The predicted octanol–water partition coefficient (Wildman–Crippen LogP) is 2.55. The highest BCUT2D eigenvalue weighted by molar-refractivity contribution is 9.11. The molecular formula is C11H7Br2N3O2. The zero-order chi connectivity index (χ0) is 13.1. The molecule has 1 amide bonds. The smallest absolute Gasteiger partial charge is 0.264 e. The lowest BCUT2D eigenvalue weighted by Gasteiger charge is -2.04. The van der Waals surface area contributed by atoms with E-state index in [0.717, 1.165) is 8.95 Å².